The number of rotatable bonds is 6. The van der Waals surface area contributed by atoms with Crippen molar-refractivity contribution in [3.8, 4) is 17.1 Å². The molecule has 0 aliphatic rings. The zero-order chi connectivity index (χ0) is 20.9. The number of nitrogens with one attached hydrogen (secondary N) is 1. The Morgan fingerprint density at radius 2 is 1.87 bits per heavy atom. The van der Waals surface area contributed by atoms with E-state index in [1.54, 1.807) is 53.6 Å². The van der Waals surface area contributed by atoms with Crippen molar-refractivity contribution in [1.29, 1.82) is 0 Å². The average Bonchev–Trinajstić information content (AvgIpc) is 3.31. The summed E-state index contributed by atoms with van der Waals surface area (Å²) in [5.74, 6) is -0.226. The molecule has 3 heterocycles. The second-order valence-electron chi connectivity index (χ2n) is 6.29. The molecule has 30 heavy (non-hydrogen) atoms. The van der Waals surface area contributed by atoms with Gasteiger partial charge in [-0.3, -0.25) is 14.2 Å². The molecule has 0 unspecified atom stereocenters. The maximum atomic E-state index is 13.1. The van der Waals surface area contributed by atoms with Crippen LogP contribution in [0.15, 0.2) is 72.0 Å². The molecular weight excluding hydrogens is 389 g/mol. The molecule has 0 fully saturated rings. The Hall–Kier alpha value is -4.21. The monoisotopic (exact) mass is 405 g/mol. The summed E-state index contributed by atoms with van der Waals surface area (Å²) in [6.45, 7) is 0.337. The number of hydrogen-bond donors (Lipinski definition) is 1. The first-order valence-electron chi connectivity index (χ1n) is 9.04. The van der Waals surface area contributed by atoms with Crippen LogP contribution >= 0.6 is 0 Å². The standard InChI is InChI=1S/C20H16FN7O2/c21-15-3-1-14(2-4-15)16-6-8-19(29)28(26-16)12-10-23-20(30)17-5-7-18(25-24-17)27-11-9-22-13-27/h1-9,11,13H,10,12H2,(H,23,30). The fourth-order valence-electron chi connectivity index (χ4n) is 2.73. The van der Waals surface area contributed by atoms with E-state index in [0.717, 1.165) is 0 Å². The van der Waals surface area contributed by atoms with Crippen LogP contribution in [0.1, 0.15) is 10.5 Å². The van der Waals surface area contributed by atoms with E-state index in [9.17, 15) is 14.0 Å². The Kier molecular flexibility index (Phi) is 5.37. The fourth-order valence-corrected chi connectivity index (χ4v) is 2.73. The molecule has 150 valence electrons. The van der Waals surface area contributed by atoms with Crippen molar-refractivity contribution in [1.82, 2.24) is 34.8 Å². The summed E-state index contributed by atoms with van der Waals surface area (Å²) in [5.41, 5.74) is 1.06. The van der Waals surface area contributed by atoms with Crippen LogP contribution in [-0.2, 0) is 6.54 Å². The lowest BCUT2D eigenvalue weighted by Crippen LogP contribution is -2.32. The number of benzene rings is 1. The van der Waals surface area contributed by atoms with Crippen LogP contribution in [0.4, 0.5) is 4.39 Å². The summed E-state index contributed by atoms with van der Waals surface area (Å²) in [7, 11) is 0. The van der Waals surface area contributed by atoms with Gasteiger partial charge >= 0.3 is 0 Å². The van der Waals surface area contributed by atoms with Gasteiger partial charge in [-0.1, -0.05) is 0 Å². The smallest absolute Gasteiger partial charge is 0.271 e. The largest absolute Gasteiger partial charge is 0.349 e. The van der Waals surface area contributed by atoms with Crippen molar-refractivity contribution in [2.24, 2.45) is 0 Å². The van der Waals surface area contributed by atoms with E-state index >= 15 is 0 Å². The summed E-state index contributed by atoms with van der Waals surface area (Å²) in [6, 6.07) is 12.0. The minimum atomic E-state index is -0.414. The molecule has 0 aliphatic carbocycles. The Balaban J connectivity index is 1.39. The fraction of sp³-hybridized carbons (Fsp3) is 0.100. The van der Waals surface area contributed by atoms with Gasteiger partial charge in [-0.2, -0.15) is 5.10 Å². The Morgan fingerprint density at radius 1 is 1.03 bits per heavy atom. The van der Waals surface area contributed by atoms with Crippen LogP contribution in [0.2, 0.25) is 0 Å². The van der Waals surface area contributed by atoms with Gasteiger partial charge in [-0.15, -0.1) is 10.2 Å². The van der Waals surface area contributed by atoms with Gasteiger partial charge < -0.3 is 5.32 Å². The lowest BCUT2D eigenvalue weighted by molar-refractivity contribution is 0.0945. The minimum Gasteiger partial charge on any atom is -0.349 e. The number of amides is 1. The molecule has 4 aromatic rings. The van der Waals surface area contributed by atoms with Crippen LogP contribution in [0.3, 0.4) is 0 Å². The maximum Gasteiger partial charge on any atom is 0.271 e. The second kappa shape index (κ2) is 8.43. The van der Waals surface area contributed by atoms with Crippen LogP contribution in [0.25, 0.3) is 17.1 Å². The van der Waals surface area contributed by atoms with Crippen molar-refractivity contribution < 1.29 is 9.18 Å². The Morgan fingerprint density at radius 3 is 2.57 bits per heavy atom. The predicted molar refractivity (Wildman–Crippen MR) is 105 cm³/mol. The number of carbonyl (C=O) groups is 1. The number of halogens is 1. The molecule has 10 heteroatoms. The number of nitrogens with zero attached hydrogens (tertiary/aromatic N) is 6. The van der Waals surface area contributed by atoms with Crippen LogP contribution in [-0.4, -0.2) is 42.0 Å². The highest BCUT2D eigenvalue weighted by molar-refractivity contribution is 5.92. The highest BCUT2D eigenvalue weighted by Crippen LogP contribution is 2.15. The quantitative estimate of drug-likeness (QED) is 0.520. The molecule has 0 spiro atoms. The van der Waals surface area contributed by atoms with Gasteiger partial charge in [0.25, 0.3) is 11.5 Å². The van der Waals surface area contributed by atoms with E-state index in [1.165, 1.54) is 22.9 Å². The van der Waals surface area contributed by atoms with E-state index in [2.05, 4.69) is 25.6 Å². The first kappa shape index (κ1) is 19.1. The van der Waals surface area contributed by atoms with Gasteiger partial charge in [-0.25, -0.2) is 14.1 Å². The lowest BCUT2D eigenvalue weighted by atomic mass is 10.1. The van der Waals surface area contributed by atoms with Gasteiger partial charge in [0.15, 0.2) is 11.5 Å². The third kappa shape index (κ3) is 4.27. The molecule has 3 aromatic heterocycles. The number of carbonyl (C=O) groups excluding carboxylic acids is 1. The van der Waals surface area contributed by atoms with Gasteiger partial charge in [-0.05, 0) is 42.5 Å². The van der Waals surface area contributed by atoms with Crippen molar-refractivity contribution in [2.45, 2.75) is 6.54 Å². The van der Waals surface area contributed by atoms with Crippen LogP contribution in [0, 0.1) is 5.82 Å². The summed E-state index contributed by atoms with van der Waals surface area (Å²) in [6.07, 6.45) is 4.91. The topological polar surface area (TPSA) is 108 Å². The summed E-state index contributed by atoms with van der Waals surface area (Å²) in [4.78, 5) is 28.2. The predicted octanol–water partition coefficient (Wildman–Crippen LogP) is 1.46. The van der Waals surface area contributed by atoms with Crippen molar-refractivity contribution in [3.63, 3.8) is 0 Å². The van der Waals surface area contributed by atoms with E-state index in [-0.39, 0.29) is 30.2 Å². The molecule has 9 nitrogen and oxygen atoms in total. The average molecular weight is 405 g/mol. The molecule has 0 bridgehead atoms. The Labute approximate surface area is 169 Å². The molecule has 0 radical (unpaired) electrons. The van der Waals surface area contributed by atoms with Gasteiger partial charge in [0.2, 0.25) is 0 Å². The lowest BCUT2D eigenvalue weighted by Gasteiger charge is -2.08. The van der Waals surface area contributed by atoms with Crippen LogP contribution < -0.4 is 10.9 Å². The minimum absolute atomic E-state index is 0.152. The zero-order valence-corrected chi connectivity index (χ0v) is 15.6. The molecule has 0 aliphatic heterocycles. The molecule has 1 N–H and O–H groups in total. The van der Waals surface area contributed by atoms with E-state index in [0.29, 0.717) is 17.1 Å². The summed E-state index contributed by atoms with van der Waals surface area (Å²) >= 11 is 0. The molecular formula is C20H16FN7O2. The highest BCUT2D eigenvalue weighted by Gasteiger charge is 2.09. The second-order valence-corrected chi connectivity index (χ2v) is 6.29. The van der Waals surface area contributed by atoms with Crippen molar-refractivity contribution in [2.75, 3.05) is 6.54 Å². The van der Waals surface area contributed by atoms with Crippen molar-refractivity contribution >= 4 is 5.91 Å². The van der Waals surface area contributed by atoms with Gasteiger partial charge in [0.1, 0.15) is 12.1 Å². The third-order valence-electron chi connectivity index (χ3n) is 4.27. The normalized spacial score (nSPS) is 10.7. The molecule has 4 rings (SSSR count). The van der Waals surface area contributed by atoms with E-state index in [1.807, 2.05) is 0 Å². The van der Waals surface area contributed by atoms with Gasteiger partial charge in [0, 0.05) is 30.6 Å². The first-order valence-corrected chi connectivity index (χ1v) is 9.04. The molecule has 0 atom stereocenters. The number of hydrogen-bond acceptors (Lipinski definition) is 6. The number of imidazole rings is 1. The first-order chi connectivity index (χ1) is 14.6. The van der Waals surface area contributed by atoms with E-state index in [4.69, 9.17) is 0 Å². The SMILES string of the molecule is O=C(NCCn1nc(-c2ccc(F)cc2)ccc1=O)c1ccc(-n2ccnc2)nn1. The van der Waals surface area contributed by atoms with Crippen molar-refractivity contribution in [3.05, 3.63) is 89.1 Å². The number of aromatic nitrogens is 6. The highest BCUT2D eigenvalue weighted by atomic mass is 19.1. The third-order valence-corrected chi connectivity index (χ3v) is 4.27. The maximum absolute atomic E-state index is 13.1. The van der Waals surface area contributed by atoms with E-state index < -0.39 is 5.91 Å². The molecule has 0 saturated carbocycles. The van der Waals surface area contributed by atoms with Gasteiger partial charge in [0.05, 0.1) is 12.2 Å². The zero-order valence-electron chi connectivity index (χ0n) is 15.6. The van der Waals surface area contributed by atoms with Crippen LogP contribution in [0.5, 0.6) is 0 Å². The molecule has 1 amide bonds. The summed E-state index contributed by atoms with van der Waals surface area (Å²) in [5, 5.41) is 14.9. The summed E-state index contributed by atoms with van der Waals surface area (Å²) < 4.78 is 16.0. The molecule has 0 saturated heterocycles. The Bertz CT molecular complexity index is 1200. The molecule has 1 aromatic carbocycles.